The molecular weight excluding hydrogens is 380 g/mol. The third-order valence-electron chi connectivity index (χ3n) is 4.84. The third kappa shape index (κ3) is 4.09. The van der Waals surface area contributed by atoms with Gasteiger partial charge in [-0.2, -0.15) is 0 Å². The van der Waals surface area contributed by atoms with E-state index in [9.17, 15) is 14.7 Å². The molecule has 3 N–H and O–H groups in total. The summed E-state index contributed by atoms with van der Waals surface area (Å²) in [4.78, 5) is 25.0. The van der Waals surface area contributed by atoms with Crippen molar-refractivity contribution < 1.29 is 14.3 Å². The number of nitrogens with one attached hydrogen (secondary N) is 2. The molecule has 1 aliphatic heterocycles. The summed E-state index contributed by atoms with van der Waals surface area (Å²) < 4.78 is 5.39. The molecule has 1 saturated heterocycles. The summed E-state index contributed by atoms with van der Waals surface area (Å²) in [5, 5.41) is 16.8. The van der Waals surface area contributed by atoms with E-state index >= 15 is 0 Å². The molecule has 1 aromatic heterocycles. The van der Waals surface area contributed by atoms with Crippen LogP contribution < -0.4 is 16.3 Å². The molecule has 0 radical (unpaired) electrons. The zero-order valence-electron chi connectivity index (χ0n) is 15.1. The number of fused-ring (bicyclic) bond motifs is 1. The van der Waals surface area contributed by atoms with E-state index in [1.165, 1.54) is 0 Å². The first-order chi connectivity index (χ1) is 13.1. The number of hydrogen-bond acceptors (Lipinski definition) is 5. The Labute approximate surface area is 168 Å². The van der Waals surface area contributed by atoms with Crippen molar-refractivity contribution in [1.29, 1.82) is 0 Å². The van der Waals surface area contributed by atoms with E-state index in [1.807, 2.05) is 18.2 Å². The quantitative estimate of drug-likeness (QED) is 0.587. The van der Waals surface area contributed by atoms with E-state index in [0.717, 1.165) is 11.9 Å². The van der Waals surface area contributed by atoms with Crippen molar-refractivity contribution in [3.8, 4) is 11.1 Å². The van der Waals surface area contributed by atoms with E-state index in [4.69, 9.17) is 4.42 Å². The maximum atomic E-state index is 12.6. The van der Waals surface area contributed by atoms with Gasteiger partial charge in [0, 0.05) is 17.5 Å². The number of benzene rings is 2. The summed E-state index contributed by atoms with van der Waals surface area (Å²) in [6, 6.07) is 15.7. The number of aliphatic hydroxyl groups is 1. The van der Waals surface area contributed by atoms with Gasteiger partial charge in [0.25, 0.3) is 5.91 Å². The molecule has 0 unspecified atom stereocenters. The Morgan fingerprint density at radius 2 is 1.96 bits per heavy atom. The first-order valence-corrected chi connectivity index (χ1v) is 8.95. The summed E-state index contributed by atoms with van der Waals surface area (Å²) in [6.07, 6.45) is 0.0549. The van der Waals surface area contributed by atoms with Gasteiger partial charge in [0.2, 0.25) is 0 Å². The van der Waals surface area contributed by atoms with E-state index in [1.54, 1.807) is 36.4 Å². The monoisotopic (exact) mass is 400 g/mol. The lowest BCUT2D eigenvalue weighted by atomic mass is 10.0. The Morgan fingerprint density at radius 1 is 1.14 bits per heavy atom. The molecule has 0 bridgehead atoms. The van der Waals surface area contributed by atoms with Crippen LogP contribution in [0.4, 0.5) is 0 Å². The third-order valence-corrected chi connectivity index (χ3v) is 4.84. The fraction of sp³-hybridized carbons (Fsp3) is 0.238. The maximum Gasteiger partial charge on any atom is 0.344 e. The van der Waals surface area contributed by atoms with Crippen LogP contribution >= 0.6 is 12.4 Å². The minimum absolute atomic E-state index is 0. The highest BCUT2D eigenvalue weighted by atomic mass is 35.5. The highest BCUT2D eigenvalue weighted by Crippen LogP contribution is 2.22. The molecule has 3 aromatic rings. The summed E-state index contributed by atoms with van der Waals surface area (Å²) in [6.45, 7) is 1.21. The van der Waals surface area contributed by atoms with Crippen LogP contribution in [0.25, 0.3) is 22.1 Å². The van der Waals surface area contributed by atoms with Gasteiger partial charge in [0.1, 0.15) is 5.58 Å². The minimum Gasteiger partial charge on any atom is -0.422 e. The molecular formula is C21H21ClN2O4. The number of amides is 1. The highest BCUT2D eigenvalue weighted by Gasteiger charge is 2.24. The van der Waals surface area contributed by atoms with Gasteiger partial charge in [-0.25, -0.2) is 4.79 Å². The number of hydrogen-bond donors (Lipinski definition) is 3. The number of rotatable bonds is 3. The predicted octanol–water partition coefficient (Wildman–Crippen LogP) is 2.33. The zero-order chi connectivity index (χ0) is 18.8. The van der Waals surface area contributed by atoms with Gasteiger partial charge in [-0.1, -0.05) is 30.3 Å². The van der Waals surface area contributed by atoms with Crippen molar-refractivity contribution in [3.63, 3.8) is 0 Å². The van der Waals surface area contributed by atoms with Crippen LogP contribution in [0.15, 0.2) is 63.8 Å². The van der Waals surface area contributed by atoms with E-state index in [2.05, 4.69) is 10.6 Å². The molecule has 28 heavy (non-hydrogen) atoms. The standard InChI is InChI=1S/C21H20N2O4.ClH/c24-18-12-22-9-8-17(18)23-20(25)15-6-3-5-13(10-15)16-11-14-4-1-2-7-19(14)27-21(16)26;/h1-7,10-11,17-18,22,24H,8-9,12H2,(H,23,25);1H/t17-,18-;/m1./s1. The van der Waals surface area contributed by atoms with Crippen LogP contribution in [0, 0.1) is 0 Å². The number of aliphatic hydroxyl groups excluding tert-OH is 1. The maximum absolute atomic E-state index is 12.6. The SMILES string of the molecule is Cl.O=C(N[C@@H]1CCNC[C@H]1O)c1cccc(-c2cc3ccccc3oc2=O)c1. The van der Waals surface area contributed by atoms with Crippen LogP contribution in [-0.2, 0) is 0 Å². The molecule has 146 valence electrons. The normalized spacial score (nSPS) is 19.0. The van der Waals surface area contributed by atoms with Gasteiger partial charge in [0.15, 0.2) is 0 Å². The van der Waals surface area contributed by atoms with Crippen molar-refractivity contribution in [2.45, 2.75) is 18.6 Å². The fourth-order valence-electron chi connectivity index (χ4n) is 3.35. The zero-order valence-corrected chi connectivity index (χ0v) is 15.9. The number of para-hydroxylation sites is 1. The molecule has 1 aliphatic rings. The minimum atomic E-state index is -0.613. The Kier molecular flexibility index (Phi) is 6.14. The average Bonchev–Trinajstić information content (AvgIpc) is 2.69. The molecule has 2 heterocycles. The molecule has 1 amide bonds. The number of halogens is 1. The Bertz CT molecular complexity index is 1050. The van der Waals surface area contributed by atoms with E-state index < -0.39 is 11.7 Å². The lowest BCUT2D eigenvalue weighted by molar-refractivity contribution is 0.0765. The summed E-state index contributed by atoms with van der Waals surface area (Å²) in [5.74, 6) is -0.270. The first kappa shape index (κ1) is 20.1. The van der Waals surface area contributed by atoms with E-state index in [-0.39, 0.29) is 24.4 Å². The average molecular weight is 401 g/mol. The molecule has 6 nitrogen and oxygen atoms in total. The van der Waals surface area contributed by atoms with Crippen molar-refractivity contribution >= 4 is 29.3 Å². The first-order valence-electron chi connectivity index (χ1n) is 8.95. The lowest BCUT2D eigenvalue weighted by Crippen LogP contribution is -2.52. The van der Waals surface area contributed by atoms with Crippen LogP contribution in [0.1, 0.15) is 16.8 Å². The van der Waals surface area contributed by atoms with Crippen molar-refractivity contribution in [3.05, 3.63) is 70.6 Å². The fourth-order valence-corrected chi connectivity index (χ4v) is 3.35. The molecule has 4 rings (SSSR count). The molecule has 2 aromatic carbocycles. The van der Waals surface area contributed by atoms with Gasteiger partial charge in [0.05, 0.1) is 17.7 Å². The molecule has 0 saturated carbocycles. The van der Waals surface area contributed by atoms with Gasteiger partial charge < -0.3 is 20.2 Å². The number of carbonyl (C=O) groups excluding carboxylic acids is 1. The largest absolute Gasteiger partial charge is 0.422 e. The second kappa shape index (κ2) is 8.56. The number of β-amino-alcohol motifs (C(OH)–C–C–N with tert-alkyl or cyclic N) is 1. The van der Waals surface area contributed by atoms with Gasteiger partial charge in [-0.05, 0) is 42.8 Å². The van der Waals surface area contributed by atoms with Crippen molar-refractivity contribution in [1.82, 2.24) is 10.6 Å². The number of piperidine rings is 1. The second-order valence-electron chi connectivity index (χ2n) is 6.71. The van der Waals surface area contributed by atoms with E-state index in [0.29, 0.717) is 35.2 Å². The Morgan fingerprint density at radius 3 is 2.79 bits per heavy atom. The van der Waals surface area contributed by atoms with Crippen LogP contribution in [0.3, 0.4) is 0 Å². The topological polar surface area (TPSA) is 91.6 Å². The van der Waals surface area contributed by atoms with Crippen molar-refractivity contribution in [2.75, 3.05) is 13.1 Å². The summed E-state index contributed by atoms with van der Waals surface area (Å²) in [7, 11) is 0. The summed E-state index contributed by atoms with van der Waals surface area (Å²) >= 11 is 0. The Hall–Kier alpha value is -2.67. The highest BCUT2D eigenvalue weighted by molar-refractivity contribution is 5.96. The molecule has 0 aliphatic carbocycles. The molecule has 0 spiro atoms. The summed E-state index contributed by atoms with van der Waals surface area (Å²) in [5.41, 5.74) is 1.55. The van der Waals surface area contributed by atoms with Crippen LogP contribution in [-0.4, -0.2) is 36.2 Å². The predicted molar refractivity (Wildman–Crippen MR) is 110 cm³/mol. The van der Waals surface area contributed by atoms with Gasteiger partial charge in [-0.15, -0.1) is 12.4 Å². The lowest BCUT2D eigenvalue weighted by Gasteiger charge is -2.29. The molecule has 1 fully saturated rings. The van der Waals surface area contributed by atoms with Crippen LogP contribution in [0.2, 0.25) is 0 Å². The second-order valence-corrected chi connectivity index (χ2v) is 6.71. The molecule has 7 heteroatoms. The number of carbonyl (C=O) groups is 1. The van der Waals surface area contributed by atoms with Crippen LogP contribution in [0.5, 0.6) is 0 Å². The van der Waals surface area contributed by atoms with Gasteiger partial charge >= 0.3 is 5.63 Å². The van der Waals surface area contributed by atoms with Crippen molar-refractivity contribution in [2.24, 2.45) is 0 Å². The Balaban J connectivity index is 0.00000225. The molecule has 2 atom stereocenters. The van der Waals surface area contributed by atoms with Gasteiger partial charge in [-0.3, -0.25) is 4.79 Å². The smallest absolute Gasteiger partial charge is 0.344 e.